The summed E-state index contributed by atoms with van der Waals surface area (Å²) in [5, 5.41) is 0. The number of halogens is 1. The average molecular weight is 237 g/mol. The maximum atomic E-state index is 11.2. The summed E-state index contributed by atoms with van der Waals surface area (Å²) in [6.07, 6.45) is 0. The van der Waals surface area contributed by atoms with E-state index in [0.29, 0.717) is 6.61 Å². The first-order valence-corrected chi connectivity index (χ1v) is 4.76. The predicted octanol–water partition coefficient (Wildman–Crippen LogP) is 1.54. The van der Waals surface area contributed by atoms with E-state index in [1.165, 1.54) is 0 Å². The minimum atomic E-state index is -0.667. The van der Waals surface area contributed by atoms with Gasteiger partial charge in [-0.2, -0.15) is 0 Å². The zero-order valence-electron chi connectivity index (χ0n) is 7.46. The van der Waals surface area contributed by atoms with Gasteiger partial charge in [0.2, 0.25) is 0 Å². The van der Waals surface area contributed by atoms with Crippen molar-refractivity contribution in [3.05, 3.63) is 0 Å². The van der Waals surface area contributed by atoms with Crippen molar-refractivity contribution < 1.29 is 14.3 Å². The van der Waals surface area contributed by atoms with Crippen LogP contribution in [0.15, 0.2) is 0 Å². The smallest absolute Gasteiger partial charge is 0.316 e. The van der Waals surface area contributed by atoms with Crippen molar-refractivity contribution in [2.75, 3.05) is 6.61 Å². The third kappa shape index (κ3) is 3.34. The van der Waals surface area contributed by atoms with E-state index in [1.807, 2.05) is 0 Å². The largest absolute Gasteiger partial charge is 0.465 e. The summed E-state index contributed by atoms with van der Waals surface area (Å²) in [5.74, 6) is -1.26. The average Bonchev–Trinajstić information content (AvgIpc) is 2.02. The summed E-state index contributed by atoms with van der Waals surface area (Å²) in [6.45, 7) is 5.27. The maximum absolute atomic E-state index is 11.2. The van der Waals surface area contributed by atoms with Crippen LogP contribution in [0.4, 0.5) is 0 Å². The van der Waals surface area contributed by atoms with Crippen molar-refractivity contribution >= 4 is 27.7 Å². The van der Waals surface area contributed by atoms with Crippen molar-refractivity contribution in [1.82, 2.24) is 0 Å². The molecular formula is C8H13BrO3. The zero-order chi connectivity index (χ0) is 9.72. The van der Waals surface area contributed by atoms with Crippen LogP contribution in [-0.2, 0) is 14.3 Å². The van der Waals surface area contributed by atoms with Gasteiger partial charge in [-0.1, -0.05) is 15.9 Å². The topological polar surface area (TPSA) is 43.4 Å². The normalized spacial score (nSPS) is 15.0. The molecule has 0 N–H and O–H groups in total. The molecule has 4 heteroatoms. The lowest BCUT2D eigenvalue weighted by Gasteiger charge is -2.10. The van der Waals surface area contributed by atoms with Crippen LogP contribution in [0.2, 0.25) is 0 Å². The van der Waals surface area contributed by atoms with Crippen LogP contribution in [0, 0.1) is 5.92 Å². The second-order valence-electron chi connectivity index (χ2n) is 2.49. The van der Waals surface area contributed by atoms with Gasteiger partial charge in [0.25, 0.3) is 0 Å². The number of ether oxygens (including phenoxy) is 1. The molecule has 0 aromatic rings. The van der Waals surface area contributed by atoms with Crippen LogP contribution >= 0.6 is 15.9 Å². The molecule has 0 amide bonds. The van der Waals surface area contributed by atoms with Crippen LogP contribution in [0.5, 0.6) is 0 Å². The molecule has 0 heterocycles. The molecule has 2 atom stereocenters. The van der Waals surface area contributed by atoms with Gasteiger partial charge in [0, 0.05) is 0 Å². The summed E-state index contributed by atoms with van der Waals surface area (Å²) in [4.78, 5) is 21.9. The van der Waals surface area contributed by atoms with Crippen molar-refractivity contribution in [3.8, 4) is 0 Å². The molecule has 0 radical (unpaired) electrons. The van der Waals surface area contributed by atoms with Crippen LogP contribution in [-0.4, -0.2) is 23.2 Å². The fourth-order valence-electron chi connectivity index (χ4n) is 0.728. The first kappa shape index (κ1) is 11.6. The van der Waals surface area contributed by atoms with E-state index < -0.39 is 11.9 Å². The standard InChI is InChI=1S/C8H13BrO3/c1-4-12-8(11)5(2)7(10)6(3)9/h5-6H,4H2,1-3H3/t5-,6-/m1/s1. The SMILES string of the molecule is CCOC(=O)[C@H](C)C(=O)[C@@H](C)Br. The molecule has 0 aliphatic carbocycles. The van der Waals surface area contributed by atoms with Gasteiger partial charge in [0.1, 0.15) is 5.92 Å². The third-order valence-corrected chi connectivity index (χ3v) is 1.91. The first-order valence-electron chi connectivity index (χ1n) is 3.85. The van der Waals surface area contributed by atoms with E-state index in [9.17, 15) is 9.59 Å². The molecule has 0 unspecified atom stereocenters. The van der Waals surface area contributed by atoms with Crippen LogP contribution < -0.4 is 0 Å². The highest BCUT2D eigenvalue weighted by molar-refractivity contribution is 9.10. The van der Waals surface area contributed by atoms with E-state index in [2.05, 4.69) is 15.9 Å². The van der Waals surface area contributed by atoms with Crippen molar-refractivity contribution in [2.24, 2.45) is 5.92 Å². The Balaban J connectivity index is 4.10. The Kier molecular flexibility index (Phi) is 5.13. The van der Waals surface area contributed by atoms with Gasteiger partial charge in [-0.25, -0.2) is 0 Å². The Morgan fingerprint density at radius 3 is 2.25 bits per heavy atom. The van der Waals surface area contributed by atoms with E-state index in [0.717, 1.165) is 0 Å². The molecule has 0 rings (SSSR count). The highest BCUT2D eigenvalue weighted by Gasteiger charge is 2.25. The van der Waals surface area contributed by atoms with E-state index >= 15 is 0 Å². The minimum Gasteiger partial charge on any atom is -0.465 e. The molecule has 0 fully saturated rings. The zero-order valence-corrected chi connectivity index (χ0v) is 9.05. The van der Waals surface area contributed by atoms with E-state index in [-0.39, 0.29) is 10.6 Å². The van der Waals surface area contributed by atoms with E-state index in [4.69, 9.17) is 4.74 Å². The number of carbonyl (C=O) groups is 2. The van der Waals surface area contributed by atoms with Gasteiger partial charge < -0.3 is 4.74 Å². The van der Waals surface area contributed by atoms with Crippen molar-refractivity contribution in [1.29, 1.82) is 0 Å². The number of hydrogen-bond donors (Lipinski definition) is 0. The second-order valence-corrected chi connectivity index (χ2v) is 3.87. The molecule has 0 aliphatic rings. The molecule has 0 bridgehead atoms. The van der Waals surface area contributed by atoms with Gasteiger partial charge in [-0.3, -0.25) is 9.59 Å². The van der Waals surface area contributed by atoms with Crippen LogP contribution in [0.25, 0.3) is 0 Å². The molecule has 0 saturated heterocycles. The molecule has 0 saturated carbocycles. The number of Topliss-reactive ketones (excluding diaryl/α,β-unsaturated/α-hetero) is 1. The van der Waals surface area contributed by atoms with Gasteiger partial charge in [0.05, 0.1) is 11.4 Å². The Hall–Kier alpha value is -0.380. The number of rotatable bonds is 4. The molecule has 12 heavy (non-hydrogen) atoms. The summed E-state index contributed by atoms with van der Waals surface area (Å²) in [6, 6.07) is 0. The summed E-state index contributed by atoms with van der Waals surface area (Å²) in [5.41, 5.74) is 0. The number of ketones is 1. The predicted molar refractivity (Wildman–Crippen MR) is 49.2 cm³/mol. The molecular weight excluding hydrogens is 224 g/mol. The van der Waals surface area contributed by atoms with Gasteiger partial charge >= 0.3 is 5.97 Å². The highest BCUT2D eigenvalue weighted by atomic mass is 79.9. The van der Waals surface area contributed by atoms with Gasteiger partial charge in [-0.05, 0) is 20.8 Å². The molecule has 0 aromatic carbocycles. The van der Waals surface area contributed by atoms with Crippen molar-refractivity contribution in [2.45, 2.75) is 25.6 Å². The Bertz CT molecular complexity index is 177. The first-order chi connectivity index (χ1) is 5.50. The summed E-state index contributed by atoms with van der Waals surface area (Å²) in [7, 11) is 0. The van der Waals surface area contributed by atoms with E-state index in [1.54, 1.807) is 20.8 Å². The Morgan fingerprint density at radius 1 is 1.42 bits per heavy atom. The Morgan fingerprint density at radius 2 is 1.92 bits per heavy atom. The van der Waals surface area contributed by atoms with Crippen molar-refractivity contribution in [3.63, 3.8) is 0 Å². The molecule has 0 aliphatic heterocycles. The lowest BCUT2D eigenvalue weighted by atomic mass is 10.1. The lowest BCUT2D eigenvalue weighted by molar-refractivity contribution is -0.150. The Labute approximate surface area is 80.6 Å². The van der Waals surface area contributed by atoms with Crippen LogP contribution in [0.3, 0.4) is 0 Å². The number of esters is 1. The highest BCUT2D eigenvalue weighted by Crippen LogP contribution is 2.09. The second kappa shape index (κ2) is 5.30. The summed E-state index contributed by atoms with van der Waals surface area (Å²) >= 11 is 3.10. The number of hydrogen-bond acceptors (Lipinski definition) is 3. The van der Waals surface area contributed by atoms with Crippen LogP contribution in [0.1, 0.15) is 20.8 Å². The quantitative estimate of drug-likeness (QED) is 0.423. The fourth-order valence-corrected chi connectivity index (χ4v) is 1.12. The monoisotopic (exact) mass is 236 g/mol. The third-order valence-electron chi connectivity index (χ3n) is 1.46. The van der Waals surface area contributed by atoms with Gasteiger partial charge in [-0.15, -0.1) is 0 Å². The minimum absolute atomic E-state index is 0.145. The molecule has 70 valence electrons. The maximum Gasteiger partial charge on any atom is 0.316 e. The number of carbonyl (C=O) groups excluding carboxylic acids is 2. The molecule has 0 aromatic heterocycles. The van der Waals surface area contributed by atoms with Gasteiger partial charge in [0.15, 0.2) is 5.78 Å². The lowest BCUT2D eigenvalue weighted by Crippen LogP contribution is -2.27. The summed E-state index contributed by atoms with van der Waals surface area (Å²) < 4.78 is 4.69. The fraction of sp³-hybridized carbons (Fsp3) is 0.750. The molecule has 0 spiro atoms. The molecule has 3 nitrogen and oxygen atoms in total. The number of alkyl halides is 1.